The normalized spacial score (nSPS) is 14.5. The lowest BCUT2D eigenvalue weighted by atomic mass is 9.95. The van der Waals surface area contributed by atoms with Crippen molar-refractivity contribution in [3.05, 3.63) is 71.8 Å². The molecule has 1 fully saturated rings. The number of aromatic nitrogens is 3. The van der Waals surface area contributed by atoms with Gasteiger partial charge >= 0.3 is 0 Å². The number of hydrogen-bond acceptors (Lipinski definition) is 6. The van der Waals surface area contributed by atoms with Gasteiger partial charge in [0.15, 0.2) is 11.0 Å². The molecule has 1 heterocycles. The molecule has 3 aromatic carbocycles. The van der Waals surface area contributed by atoms with E-state index in [9.17, 15) is 9.90 Å². The number of carbonyl (C=O) groups is 1. The van der Waals surface area contributed by atoms with Crippen LogP contribution in [0, 0.1) is 6.92 Å². The van der Waals surface area contributed by atoms with Gasteiger partial charge in [-0.1, -0.05) is 91.2 Å². The Morgan fingerprint density at radius 2 is 1.86 bits per heavy atom. The maximum atomic E-state index is 12.6. The molecule has 4 aromatic rings. The van der Waals surface area contributed by atoms with Gasteiger partial charge in [-0.2, -0.15) is 5.10 Å². The average molecular weight is 500 g/mol. The van der Waals surface area contributed by atoms with Crippen LogP contribution < -0.4 is 5.43 Å². The Kier molecular flexibility index (Phi) is 7.32. The maximum absolute atomic E-state index is 12.6. The Hall–Kier alpha value is -3.65. The number of nitrogens with zero attached hydrogens (tertiary/aromatic N) is 4. The molecule has 8 heteroatoms. The molecule has 0 spiro atoms. The monoisotopic (exact) mass is 499 g/mol. The summed E-state index contributed by atoms with van der Waals surface area (Å²) in [5, 5.41) is 25.9. The first kappa shape index (κ1) is 24.1. The average Bonchev–Trinajstić information content (AvgIpc) is 3.33. The molecule has 36 heavy (non-hydrogen) atoms. The van der Waals surface area contributed by atoms with Crippen molar-refractivity contribution >= 4 is 34.7 Å². The van der Waals surface area contributed by atoms with Crippen molar-refractivity contribution in [1.82, 2.24) is 20.2 Å². The summed E-state index contributed by atoms with van der Waals surface area (Å²) in [6, 6.07) is 19.9. The van der Waals surface area contributed by atoms with Gasteiger partial charge in [-0.3, -0.25) is 9.36 Å². The molecule has 1 aromatic heterocycles. The summed E-state index contributed by atoms with van der Waals surface area (Å²) in [6.07, 6.45) is 7.31. The molecule has 0 aliphatic heterocycles. The zero-order chi connectivity index (χ0) is 24.9. The van der Waals surface area contributed by atoms with E-state index in [0.717, 1.165) is 40.2 Å². The number of phenolic OH excluding ortho intramolecular Hbond substituents is 1. The van der Waals surface area contributed by atoms with Gasteiger partial charge in [0.05, 0.1) is 12.0 Å². The van der Waals surface area contributed by atoms with Gasteiger partial charge in [0.2, 0.25) is 0 Å². The number of benzene rings is 3. The third kappa shape index (κ3) is 5.28. The molecule has 1 aliphatic carbocycles. The number of amides is 1. The SMILES string of the molecule is Cc1ccc(-c2nnc(SCC(=O)N/N=C/c3c(O)ccc4ccccc34)n2C2CCCCC2)cc1. The van der Waals surface area contributed by atoms with E-state index >= 15 is 0 Å². The van der Waals surface area contributed by atoms with Crippen molar-refractivity contribution in [2.75, 3.05) is 5.75 Å². The predicted molar refractivity (Wildman–Crippen MR) is 144 cm³/mol. The third-order valence-corrected chi connectivity index (χ3v) is 7.52. The Morgan fingerprint density at radius 1 is 1.08 bits per heavy atom. The Balaban J connectivity index is 1.29. The van der Waals surface area contributed by atoms with Gasteiger partial charge in [0.1, 0.15) is 5.75 Å². The van der Waals surface area contributed by atoms with Crippen molar-refractivity contribution in [1.29, 1.82) is 0 Å². The zero-order valence-electron chi connectivity index (χ0n) is 20.2. The molecule has 0 saturated heterocycles. The molecule has 2 N–H and O–H groups in total. The van der Waals surface area contributed by atoms with Gasteiger partial charge in [-0.05, 0) is 36.6 Å². The van der Waals surface area contributed by atoms with E-state index in [0.29, 0.717) is 11.6 Å². The summed E-state index contributed by atoms with van der Waals surface area (Å²) in [5.41, 5.74) is 5.39. The number of hydrazone groups is 1. The number of rotatable bonds is 7. The van der Waals surface area contributed by atoms with Crippen molar-refractivity contribution in [3.63, 3.8) is 0 Å². The van der Waals surface area contributed by atoms with E-state index in [1.54, 1.807) is 6.07 Å². The molecule has 0 radical (unpaired) electrons. The number of phenols is 1. The fourth-order valence-corrected chi connectivity index (χ4v) is 5.49. The lowest BCUT2D eigenvalue weighted by Gasteiger charge is -2.25. The number of carbonyl (C=O) groups excluding carboxylic acids is 1. The number of aryl methyl sites for hydroxylation is 1. The first-order chi connectivity index (χ1) is 17.6. The summed E-state index contributed by atoms with van der Waals surface area (Å²) in [7, 11) is 0. The van der Waals surface area contributed by atoms with Crippen molar-refractivity contribution < 1.29 is 9.90 Å². The second-order valence-corrected chi connectivity index (χ2v) is 10.1. The highest BCUT2D eigenvalue weighted by molar-refractivity contribution is 7.99. The first-order valence-electron chi connectivity index (χ1n) is 12.3. The van der Waals surface area contributed by atoms with E-state index in [2.05, 4.69) is 56.5 Å². The lowest BCUT2D eigenvalue weighted by Crippen LogP contribution is -2.20. The molecule has 1 aliphatic rings. The van der Waals surface area contributed by atoms with E-state index in [1.807, 2.05) is 30.3 Å². The van der Waals surface area contributed by atoms with Crippen LogP contribution in [-0.2, 0) is 4.79 Å². The second kappa shape index (κ2) is 11.0. The number of fused-ring (bicyclic) bond motifs is 1. The molecule has 184 valence electrons. The molecular weight excluding hydrogens is 470 g/mol. The van der Waals surface area contributed by atoms with Crippen LogP contribution in [-0.4, -0.2) is 37.7 Å². The molecule has 1 saturated carbocycles. The van der Waals surface area contributed by atoms with E-state index in [1.165, 1.54) is 42.8 Å². The molecule has 5 rings (SSSR count). The number of aromatic hydroxyl groups is 1. The highest BCUT2D eigenvalue weighted by Crippen LogP contribution is 2.35. The largest absolute Gasteiger partial charge is 0.507 e. The van der Waals surface area contributed by atoms with E-state index < -0.39 is 0 Å². The van der Waals surface area contributed by atoms with Crippen LogP contribution in [0.25, 0.3) is 22.2 Å². The van der Waals surface area contributed by atoms with Gasteiger partial charge in [0, 0.05) is 17.2 Å². The molecule has 7 nitrogen and oxygen atoms in total. The topological polar surface area (TPSA) is 92.4 Å². The third-order valence-electron chi connectivity index (χ3n) is 6.58. The number of thioether (sulfide) groups is 1. The van der Waals surface area contributed by atoms with Crippen molar-refractivity contribution in [3.8, 4) is 17.1 Å². The van der Waals surface area contributed by atoms with Crippen LogP contribution in [0.1, 0.15) is 49.3 Å². The van der Waals surface area contributed by atoms with Gasteiger partial charge in [-0.15, -0.1) is 10.2 Å². The van der Waals surface area contributed by atoms with Crippen LogP contribution in [0.4, 0.5) is 0 Å². The number of nitrogens with one attached hydrogen (secondary N) is 1. The van der Waals surface area contributed by atoms with Crippen LogP contribution in [0.3, 0.4) is 0 Å². The predicted octanol–water partition coefficient (Wildman–Crippen LogP) is 5.86. The van der Waals surface area contributed by atoms with Gasteiger partial charge in [0.25, 0.3) is 5.91 Å². The van der Waals surface area contributed by atoms with E-state index in [4.69, 9.17) is 0 Å². The second-order valence-electron chi connectivity index (χ2n) is 9.14. The number of hydrogen-bond donors (Lipinski definition) is 2. The molecular formula is C28H29N5O2S. The summed E-state index contributed by atoms with van der Waals surface area (Å²) >= 11 is 1.37. The highest BCUT2D eigenvalue weighted by Gasteiger charge is 2.24. The summed E-state index contributed by atoms with van der Waals surface area (Å²) in [5.74, 6) is 0.892. The molecule has 0 bridgehead atoms. The highest BCUT2D eigenvalue weighted by atomic mass is 32.2. The Bertz CT molecular complexity index is 1390. The van der Waals surface area contributed by atoms with Crippen molar-refractivity contribution in [2.24, 2.45) is 5.10 Å². The molecule has 1 amide bonds. The summed E-state index contributed by atoms with van der Waals surface area (Å²) in [4.78, 5) is 12.6. The maximum Gasteiger partial charge on any atom is 0.250 e. The minimum absolute atomic E-state index is 0.116. The fourth-order valence-electron chi connectivity index (χ4n) is 4.69. The smallest absolute Gasteiger partial charge is 0.250 e. The van der Waals surface area contributed by atoms with Crippen LogP contribution in [0.15, 0.2) is 70.9 Å². The van der Waals surface area contributed by atoms with Gasteiger partial charge < -0.3 is 5.11 Å². The quantitative estimate of drug-likeness (QED) is 0.189. The lowest BCUT2D eigenvalue weighted by molar-refractivity contribution is -0.118. The zero-order valence-corrected chi connectivity index (χ0v) is 21.0. The Labute approximate surface area is 214 Å². The van der Waals surface area contributed by atoms with Gasteiger partial charge in [-0.25, -0.2) is 5.43 Å². The summed E-state index contributed by atoms with van der Waals surface area (Å²) in [6.45, 7) is 2.07. The minimum atomic E-state index is -0.244. The standard InChI is InChI=1S/C28H29N5O2S/c1-19-11-13-21(14-12-19)27-31-32-28(33(27)22-8-3-2-4-9-22)36-18-26(35)30-29-17-24-23-10-6-5-7-20(23)15-16-25(24)34/h5-7,10-17,22,34H,2-4,8-9,18H2,1H3,(H,30,35)/b29-17+. The van der Waals surface area contributed by atoms with Crippen LogP contribution >= 0.6 is 11.8 Å². The molecule has 0 atom stereocenters. The van der Waals surface area contributed by atoms with E-state index in [-0.39, 0.29) is 17.4 Å². The fraction of sp³-hybridized carbons (Fsp3) is 0.286. The first-order valence-corrected chi connectivity index (χ1v) is 13.3. The van der Waals surface area contributed by atoms with Crippen molar-refractivity contribution in [2.45, 2.75) is 50.2 Å². The Morgan fingerprint density at radius 3 is 2.67 bits per heavy atom. The van der Waals surface area contributed by atoms with Crippen LogP contribution in [0.5, 0.6) is 5.75 Å². The molecule has 0 unspecified atom stereocenters. The minimum Gasteiger partial charge on any atom is -0.507 e. The van der Waals surface area contributed by atoms with Crippen LogP contribution in [0.2, 0.25) is 0 Å². The summed E-state index contributed by atoms with van der Waals surface area (Å²) < 4.78 is 2.22.